The van der Waals surface area contributed by atoms with E-state index < -0.39 is 6.04 Å². The van der Waals surface area contributed by atoms with Crippen LogP contribution in [0.4, 0.5) is 5.69 Å². The molecule has 1 aliphatic heterocycles. The molecule has 11 heteroatoms. The summed E-state index contributed by atoms with van der Waals surface area (Å²) in [4.78, 5) is 33.0. The molecule has 2 heterocycles. The van der Waals surface area contributed by atoms with Crippen LogP contribution in [0, 0.1) is 18.5 Å². The highest BCUT2D eigenvalue weighted by Crippen LogP contribution is 2.33. The highest BCUT2D eigenvalue weighted by atomic mass is 127. The number of fused-ring (bicyclic) bond motifs is 1. The number of anilines is 1. The summed E-state index contributed by atoms with van der Waals surface area (Å²) in [6.45, 7) is 1.66. The van der Waals surface area contributed by atoms with Crippen molar-refractivity contribution in [3.05, 3.63) is 116 Å². The number of carbonyl (C=O) groups excluding carboxylic acids is 1. The maximum absolute atomic E-state index is 14.1. The van der Waals surface area contributed by atoms with Gasteiger partial charge in [-0.05, 0) is 100 Å². The van der Waals surface area contributed by atoms with Crippen molar-refractivity contribution < 1.29 is 14.3 Å². The number of thiazole rings is 1. The minimum atomic E-state index is -0.738. The number of ether oxygens (including phenoxy) is 2. The van der Waals surface area contributed by atoms with Crippen molar-refractivity contribution in [3.63, 3.8) is 0 Å². The zero-order chi connectivity index (χ0) is 29.1. The Balaban J connectivity index is 1.70. The van der Waals surface area contributed by atoms with E-state index in [-0.39, 0.29) is 18.1 Å². The van der Waals surface area contributed by atoms with Gasteiger partial charge in [0, 0.05) is 14.8 Å². The van der Waals surface area contributed by atoms with Crippen LogP contribution in [-0.4, -0.2) is 24.2 Å². The van der Waals surface area contributed by atoms with Gasteiger partial charge in [0.15, 0.2) is 11.4 Å². The number of halogens is 2. The molecule has 41 heavy (non-hydrogen) atoms. The van der Waals surface area contributed by atoms with Crippen molar-refractivity contribution in [2.45, 2.75) is 13.0 Å². The molecule has 0 bridgehead atoms. The lowest BCUT2D eigenvalue weighted by Gasteiger charge is -2.25. The summed E-state index contributed by atoms with van der Waals surface area (Å²) in [6.07, 6.45) is 1.76. The molecule has 206 valence electrons. The van der Waals surface area contributed by atoms with Gasteiger partial charge < -0.3 is 14.8 Å². The third kappa shape index (κ3) is 6.09. The fourth-order valence-corrected chi connectivity index (χ4v) is 7.63. The predicted molar refractivity (Wildman–Crippen MR) is 175 cm³/mol. The van der Waals surface area contributed by atoms with Crippen molar-refractivity contribution in [3.8, 4) is 17.6 Å². The number of nitrogens with one attached hydrogen (secondary N) is 1. The predicted octanol–water partition coefficient (Wildman–Crippen LogP) is 4.99. The molecule has 1 aromatic heterocycles. The third-order valence-electron chi connectivity index (χ3n) is 6.31. The monoisotopic (exact) mass is 788 g/mol. The summed E-state index contributed by atoms with van der Waals surface area (Å²) in [5, 5.41) is 12.0. The first-order chi connectivity index (χ1) is 19.8. The Kier molecular flexibility index (Phi) is 8.91. The lowest BCUT2D eigenvalue weighted by atomic mass is 9.95. The van der Waals surface area contributed by atoms with Gasteiger partial charge in [-0.25, -0.2) is 4.99 Å². The van der Waals surface area contributed by atoms with Crippen LogP contribution >= 0.6 is 56.5 Å². The van der Waals surface area contributed by atoms with Crippen molar-refractivity contribution in [2.24, 2.45) is 4.99 Å². The van der Waals surface area contributed by atoms with E-state index in [2.05, 4.69) is 50.5 Å². The van der Waals surface area contributed by atoms with E-state index in [1.165, 1.54) is 11.3 Å². The van der Waals surface area contributed by atoms with E-state index in [1.807, 2.05) is 60.7 Å². The molecule has 0 spiro atoms. The third-order valence-corrected chi connectivity index (χ3v) is 8.72. The lowest BCUT2D eigenvalue weighted by Crippen LogP contribution is -2.40. The van der Waals surface area contributed by atoms with Gasteiger partial charge >= 0.3 is 0 Å². The topological polar surface area (TPSA) is 106 Å². The fourth-order valence-electron chi connectivity index (χ4n) is 4.54. The number of para-hydroxylation sites is 1. The van der Waals surface area contributed by atoms with Crippen LogP contribution < -0.4 is 29.7 Å². The van der Waals surface area contributed by atoms with E-state index in [0.717, 1.165) is 7.14 Å². The Morgan fingerprint density at radius 1 is 1.17 bits per heavy atom. The molecule has 4 aromatic rings. The number of hydrogen-bond acceptors (Lipinski definition) is 7. The molecular formula is C30H22I2N4O4S. The Hall–Kier alpha value is -3.48. The van der Waals surface area contributed by atoms with Crippen molar-refractivity contribution in [2.75, 3.05) is 19.0 Å². The first kappa shape index (κ1) is 29.0. The summed E-state index contributed by atoms with van der Waals surface area (Å²) >= 11 is 5.60. The molecule has 0 aliphatic carbocycles. The highest BCUT2D eigenvalue weighted by molar-refractivity contribution is 14.1. The molecular weight excluding hydrogens is 766 g/mol. The number of aromatic nitrogens is 1. The van der Waals surface area contributed by atoms with Crippen molar-refractivity contribution in [1.29, 1.82) is 5.26 Å². The molecule has 1 aliphatic rings. The van der Waals surface area contributed by atoms with Gasteiger partial charge in [0.2, 0.25) is 0 Å². The highest BCUT2D eigenvalue weighted by Gasteiger charge is 2.33. The number of allylic oxidation sites excluding steroid dienone is 1. The largest absolute Gasteiger partial charge is 0.497 e. The normalized spacial score (nSPS) is 14.6. The zero-order valence-electron chi connectivity index (χ0n) is 21.9. The molecule has 1 atom stereocenters. The van der Waals surface area contributed by atoms with Crippen LogP contribution in [0.1, 0.15) is 24.1 Å². The van der Waals surface area contributed by atoms with Crippen LogP contribution in [-0.2, 0) is 4.79 Å². The van der Waals surface area contributed by atoms with E-state index in [1.54, 1.807) is 36.8 Å². The molecule has 3 aromatic carbocycles. The summed E-state index contributed by atoms with van der Waals surface area (Å²) in [5.41, 5.74) is 2.62. The van der Waals surface area contributed by atoms with Crippen LogP contribution in [0.5, 0.6) is 11.5 Å². The van der Waals surface area contributed by atoms with Gasteiger partial charge in [0.05, 0.1) is 32.5 Å². The maximum Gasteiger partial charge on any atom is 0.271 e. The Morgan fingerprint density at radius 2 is 1.95 bits per heavy atom. The molecule has 0 saturated carbocycles. The molecule has 5 rings (SSSR count). The van der Waals surface area contributed by atoms with Crippen molar-refractivity contribution >= 4 is 74.2 Å². The molecule has 0 fully saturated rings. The Labute approximate surface area is 266 Å². The van der Waals surface area contributed by atoms with Gasteiger partial charge in [0.1, 0.15) is 17.6 Å². The van der Waals surface area contributed by atoms with E-state index in [0.29, 0.717) is 48.9 Å². The summed E-state index contributed by atoms with van der Waals surface area (Å²) in [5.74, 6) is 0.788. The molecule has 1 N–H and O–H groups in total. The second-order valence-electron chi connectivity index (χ2n) is 8.93. The average Bonchev–Trinajstić information content (AvgIpc) is 3.26. The van der Waals surface area contributed by atoms with Gasteiger partial charge in [-0.1, -0.05) is 41.7 Å². The first-order valence-electron chi connectivity index (χ1n) is 12.3. The van der Waals surface area contributed by atoms with Crippen molar-refractivity contribution in [1.82, 2.24) is 4.57 Å². The number of hydrogen-bond donors (Lipinski definition) is 1. The number of rotatable bonds is 7. The second kappa shape index (κ2) is 12.6. The SMILES string of the molecule is COc1cccc([C@H]2C(C(=O)Nc3ccccc3)=C(C)N=c3s/c(=C\c4cc(I)cc(I)c4OCC#N)c(=O)n32)c1. The summed E-state index contributed by atoms with van der Waals surface area (Å²) in [6, 6.07) is 21.6. The zero-order valence-corrected chi connectivity index (χ0v) is 27.0. The Morgan fingerprint density at radius 3 is 2.68 bits per heavy atom. The van der Waals surface area contributed by atoms with Crippen LogP contribution in [0.15, 0.2) is 87.8 Å². The van der Waals surface area contributed by atoms with Crippen LogP contribution in [0.3, 0.4) is 0 Å². The van der Waals surface area contributed by atoms with E-state index in [9.17, 15) is 9.59 Å². The van der Waals surface area contributed by atoms with Gasteiger partial charge in [0.25, 0.3) is 11.5 Å². The van der Waals surface area contributed by atoms with Crippen LogP contribution in [0.25, 0.3) is 6.08 Å². The fraction of sp³-hybridized carbons (Fsp3) is 0.133. The second-order valence-corrected chi connectivity index (χ2v) is 12.3. The number of methoxy groups -OCH3 is 1. The number of carbonyl (C=O) groups is 1. The maximum atomic E-state index is 14.1. The molecule has 0 radical (unpaired) electrons. The number of nitriles is 1. The number of benzene rings is 3. The lowest BCUT2D eigenvalue weighted by molar-refractivity contribution is -0.113. The Bertz CT molecular complexity index is 1910. The average molecular weight is 788 g/mol. The molecule has 0 saturated heterocycles. The molecule has 0 unspecified atom stereocenters. The minimum Gasteiger partial charge on any atom is -0.497 e. The standard InChI is InChI=1S/C30H22I2N4O4S/c1-17-25(28(37)35-21-8-4-3-5-9-21)26(18-7-6-10-22(14-18)39-2)36-29(38)24(41-30(36)34-17)15-19-13-20(31)16-23(32)27(19)40-12-11-33/h3-10,13-16,26H,12H2,1-2H3,(H,35,37)/b24-15-/t26-/m0/s1. The summed E-state index contributed by atoms with van der Waals surface area (Å²) < 4.78 is 15.0. The number of amides is 1. The first-order valence-corrected chi connectivity index (χ1v) is 15.3. The quantitative estimate of drug-likeness (QED) is 0.266. The van der Waals surface area contributed by atoms with E-state index >= 15 is 0 Å². The smallest absolute Gasteiger partial charge is 0.271 e. The summed E-state index contributed by atoms with van der Waals surface area (Å²) in [7, 11) is 1.57. The van der Waals surface area contributed by atoms with Gasteiger partial charge in [-0.3, -0.25) is 14.2 Å². The van der Waals surface area contributed by atoms with Gasteiger partial charge in [-0.15, -0.1) is 0 Å². The molecule has 8 nitrogen and oxygen atoms in total. The van der Waals surface area contributed by atoms with Gasteiger partial charge in [-0.2, -0.15) is 5.26 Å². The van der Waals surface area contributed by atoms with E-state index in [4.69, 9.17) is 19.7 Å². The number of nitrogens with zero attached hydrogens (tertiary/aromatic N) is 3. The minimum absolute atomic E-state index is 0.117. The molecule has 1 amide bonds. The van der Waals surface area contributed by atoms with Crippen LogP contribution in [0.2, 0.25) is 0 Å².